The van der Waals surface area contributed by atoms with Crippen LogP contribution < -0.4 is 5.32 Å². The fraction of sp³-hybridized carbons (Fsp3) is 0.647. The van der Waals surface area contributed by atoms with Crippen LogP contribution in [-0.4, -0.2) is 6.04 Å². The summed E-state index contributed by atoms with van der Waals surface area (Å²) in [4.78, 5) is 0. The first-order valence-electron chi connectivity index (χ1n) is 7.52. The molecule has 110 valence electrons. The molecule has 1 N–H and O–H groups in total. The first kappa shape index (κ1) is 14.0. The molecule has 2 aliphatic rings. The molecule has 0 spiro atoms. The van der Waals surface area contributed by atoms with Crippen LogP contribution in [0.2, 0.25) is 0 Å². The van der Waals surface area contributed by atoms with E-state index in [4.69, 9.17) is 0 Å². The molecule has 0 heterocycles. The van der Waals surface area contributed by atoms with Gasteiger partial charge in [0.1, 0.15) is 11.6 Å². The molecule has 20 heavy (non-hydrogen) atoms. The Morgan fingerprint density at radius 3 is 2.60 bits per heavy atom. The van der Waals surface area contributed by atoms with Crippen molar-refractivity contribution in [2.45, 2.75) is 52.6 Å². The van der Waals surface area contributed by atoms with Gasteiger partial charge < -0.3 is 5.32 Å². The molecule has 0 amide bonds. The van der Waals surface area contributed by atoms with Gasteiger partial charge in [-0.2, -0.15) is 0 Å². The lowest BCUT2D eigenvalue weighted by Gasteiger charge is -2.39. The topological polar surface area (TPSA) is 12.0 Å². The molecule has 3 heteroatoms. The predicted molar refractivity (Wildman–Crippen MR) is 76.2 cm³/mol. The fourth-order valence-corrected chi connectivity index (χ4v) is 4.42. The number of benzene rings is 1. The van der Waals surface area contributed by atoms with Gasteiger partial charge in [-0.05, 0) is 54.2 Å². The first-order valence-corrected chi connectivity index (χ1v) is 7.52. The van der Waals surface area contributed by atoms with Gasteiger partial charge in [-0.1, -0.05) is 20.8 Å². The van der Waals surface area contributed by atoms with Gasteiger partial charge in [-0.3, -0.25) is 0 Å². The summed E-state index contributed by atoms with van der Waals surface area (Å²) in [7, 11) is 0. The quantitative estimate of drug-likeness (QED) is 0.871. The van der Waals surface area contributed by atoms with Crippen molar-refractivity contribution >= 4 is 0 Å². The maximum atomic E-state index is 13.7. The molecule has 2 fully saturated rings. The Kier molecular flexibility index (Phi) is 3.16. The molecule has 2 aliphatic carbocycles. The molecule has 1 nitrogen and oxygen atoms in total. The van der Waals surface area contributed by atoms with Crippen molar-refractivity contribution in [2.75, 3.05) is 0 Å². The minimum Gasteiger partial charge on any atom is -0.309 e. The summed E-state index contributed by atoms with van der Waals surface area (Å²) in [5.41, 5.74) is 1.03. The Morgan fingerprint density at radius 1 is 1.25 bits per heavy atom. The summed E-state index contributed by atoms with van der Waals surface area (Å²) in [6, 6.07) is 4.07. The Balaban J connectivity index is 1.73. The summed E-state index contributed by atoms with van der Waals surface area (Å²) in [5.74, 6) is 0.0523. The Morgan fingerprint density at radius 2 is 2.00 bits per heavy atom. The number of hydrogen-bond acceptors (Lipinski definition) is 1. The first-order chi connectivity index (χ1) is 9.34. The molecule has 1 aromatic rings. The summed E-state index contributed by atoms with van der Waals surface area (Å²) in [6.07, 6.45) is 3.68. The second-order valence-corrected chi connectivity index (χ2v) is 7.28. The number of rotatable bonds is 3. The SMILES string of the molecule is CC1(C)C2CCC1(C)C(NCc1cc(F)ccc1F)C2. The summed E-state index contributed by atoms with van der Waals surface area (Å²) in [5, 5.41) is 3.49. The van der Waals surface area contributed by atoms with Crippen molar-refractivity contribution in [3.63, 3.8) is 0 Å². The van der Waals surface area contributed by atoms with Crippen molar-refractivity contribution in [1.29, 1.82) is 0 Å². The summed E-state index contributed by atoms with van der Waals surface area (Å²) >= 11 is 0. The Bertz CT molecular complexity index is 526. The van der Waals surface area contributed by atoms with Crippen molar-refractivity contribution in [1.82, 2.24) is 5.32 Å². The molecule has 0 aromatic heterocycles. The molecule has 2 saturated carbocycles. The van der Waals surface area contributed by atoms with Crippen LogP contribution in [0.5, 0.6) is 0 Å². The highest BCUT2D eigenvalue weighted by Gasteiger charge is 2.60. The van der Waals surface area contributed by atoms with E-state index in [1.807, 2.05) is 0 Å². The molecule has 0 saturated heterocycles. The standard InChI is InChI=1S/C17H23F2N/c1-16(2)12-6-7-17(16,3)15(9-12)20-10-11-8-13(18)4-5-14(11)19/h4-5,8,12,15,20H,6-7,9-10H2,1-3H3. The lowest BCUT2D eigenvalue weighted by atomic mass is 9.69. The lowest BCUT2D eigenvalue weighted by molar-refractivity contribution is 0.120. The molecule has 0 radical (unpaired) electrons. The van der Waals surface area contributed by atoms with Crippen LogP contribution >= 0.6 is 0 Å². The van der Waals surface area contributed by atoms with Crippen LogP contribution in [0.4, 0.5) is 8.78 Å². The smallest absolute Gasteiger partial charge is 0.127 e. The van der Waals surface area contributed by atoms with Crippen molar-refractivity contribution in [3.8, 4) is 0 Å². The molecule has 3 rings (SSSR count). The summed E-state index contributed by atoms with van der Waals surface area (Å²) in [6.45, 7) is 7.47. The van der Waals surface area contributed by atoms with Crippen LogP contribution in [0.1, 0.15) is 45.6 Å². The van der Waals surface area contributed by atoms with Gasteiger partial charge in [-0.15, -0.1) is 0 Å². The predicted octanol–water partition coefficient (Wildman–Crippen LogP) is 4.27. The Labute approximate surface area is 119 Å². The van der Waals surface area contributed by atoms with E-state index < -0.39 is 0 Å². The monoisotopic (exact) mass is 279 g/mol. The van der Waals surface area contributed by atoms with E-state index in [9.17, 15) is 8.78 Å². The van der Waals surface area contributed by atoms with E-state index in [1.165, 1.54) is 31.0 Å². The van der Waals surface area contributed by atoms with E-state index in [0.717, 1.165) is 12.3 Å². The lowest BCUT2D eigenvalue weighted by Crippen LogP contribution is -2.44. The van der Waals surface area contributed by atoms with Gasteiger partial charge in [0.25, 0.3) is 0 Å². The zero-order chi connectivity index (χ0) is 14.5. The van der Waals surface area contributed by atoms with Crippen LogP contribution in [-0.2, 0) is 6.54 Å². The van der Waals surface area contributed by atoms with Crippen LogP contribution in [0.3, 0.4) is 0 Å². The molecule has 3 atom stereocenters. The average Bonchev–Trinajstić information content (AvgIpc) is 2.72. The third-order valence-corrected chi connectivity index (χ3v) is 6.34. The van der Waals surface area contributed by atoms with E-state index in [0.29, 0.717) is 23.6 Å². The largest absolute Gasteiger partial charge is 0.309 e. The van der Waals surface area contributed by atoms with Crippen LogP contribution in [0.15, 0.2) is 18.2 Å². The van der Waals surface area contributed by atoms with E-state index >= 15 is 0 Å². The van der Waals surface area contributed by atoms with E-state index in [-0.39, 0.29) is 17.0 Å². The van der Waals surface area contributed by atoms with Gasteiger partial charge in [0.2, 0.25) is 0 Å². The van der Waals surface area contributed by atoms with Gasteiger partial charge in [0.05, 0.1) is 0 Å². The van der Waals surface area contributed by atoms with Gasteiger partial charge >= 0.3 is 0 Å². The summed E-state index contributed by atoms with van der Waals surface area (Å²) < 4.78 is 26.9. The average molecular weight is 279 g/mol. The maximum Gasteiger partial charge on any atom is 0.127 e. The highest BCUT2D eigenvalue weighted by molar-refractivity contribution is 5.20. The molecular formula is C17H23F2N. The van der Waals surface area contributed by atoms with Crippen LogP contribution in [0.25, 0.3) is 0 Å². The number of nitrogens with one attached hydrogen (secondary N) is 1. The second-order valence-electron chi connectivity index (χ2n) is 7.28. The third-order valence-electron chi connectivity index (χ3n) is 6.34. The van der Waals surface area contributed by atoms with Crippen molar-refractivity contribution < 1.29 is 8.78 Å². The van der Waals surface area contributed by atoms with Crippen molar-refractivity contribution in [3.05, 3.63) is 35.4 Å². The number of fused-ring (bicyclic) bond motifs is 2. The molecule has 3 unspecified atom stereocenters. The second kappa shape index (κ2) is 4.52. The van der Waals surface area contributed by atoms with Gasteiger partial charge in [0.15, 0.2) is 0 Å². The fourth-order valence-electron chi connectivity index (χ4n) is 4.42. The van der Waals surface area contributed by atoms with Crippen molar-refractivity contribution in [2.24, 2.45) is 16.7 Å². The molecular weight excluding hydrogens is 256 g/mol. The minimum absolute atomic E-state index is 0.265. The van der Waals surface area contributed by atoms with E-state index in [2.05, 4.69) is 26.1 Å². The van der Waals surface area contributed by atoms with E-state index in [1.54, 1.807) is 0 Å². The maximum absolute atomic E-state index is 13.7. The zero-order valence-electron chi connectivity index (χ0n) is 12.5. The zero-order valence-corrected chi connectivity index (χ0v) is 12.5. The highest BCUT2D eigenvalue weighted by Crippen LogP contribution is 2.65. The van der Waals surface area contributed by atoms with Gasteiger partial charge in [0, 0.05) is 18.2 Å². The minimum atomic E-state index is -0.373. The molecule has 0 aliphatic heterocycles. The molecule has 1 aromatic carbocycles. The third kappa shape index (κ3) is 1.90. The molecule has 2 bridgehead atoms. The highest BCUT2D eigenvalue weighted by atomic mass is 19.1. The normalized spacial score (nSPS) is 34.6. The van der Waals surface area contributed by atoms with Crippen LogP contribution in [0, 0.1) is 28.4 Å². The number of halogens is 2. The van der Waals surface area contributed by atoms with Gasteiger partial charge in [-0.25, -0.2) is 8.78 Å². The number of hydrogen-bond donors (Lipinski definition) is 1. The Hall–Kier alpha value is -0.960.